The summed E-state index contributed by atoms with van der Waals surface area (Å²) >= 11 is 3.39. The number of halogens is 2. The Kier molecular flexibility index (Phi) is 8.60. The van der Waals surface area contributed by atoms with Gasteiger partial charge < -0.3 is 5.32 Å². The Morgan fingerprint density at radius 2 is 1.43 bits per heavy atom. The molecule has 37 heavy (non-hydrogen) atoms. The van der Waals surface area contributed by atoms with Crippen molar-refractivity contribution < 1.29 is 17.6 Å². The number of anilines is 1. The lowest BCUT2D eigenvalue weighted by molar-refractivity contribution is -0.111. The molecule has 0 atom stereocenters. The number of nitrogens with one attached hydrogen (secondary N) is 1. The van der Waals surface area contributed by atoms with Crippen LogP contribution in [-0.4, -0.2) is 23.6 Å². The third-order valence-electron chi connectivity index (χ3n) is 5.44. The topological polar surface area (TPSA) is 79.4 Å². The van der Waals surface area contributed by atoms with Crippen LogP contribution in [0, 0.1) is 5.82 Å². The average molecular weight is 580 g/mol. The fourth-order valence-corrected chi connectivity index (χ4v) is 5.18. The van der Waals surface area contributed by atoms with Crippen LogP contribution in [0.25, 0.3) is 6.08 Å². The maximum Gasteiger partial charge on any atom is 0.248 e. The van der Waals surface area contributed by atoms with E-state index in [1.165, 1.54) is 34.6 Å². The molecule has 1 aromatic heterocycles. The van der Waals surface area contributed by atoms with Crippen molar-refractivity contribution >= 4 is 43.6 Å². The van der Waals surface area contributed by atoms with E-state index in [0.717, 1.165) is 15.6 Å². The molecule has 1 heterocycles. The van der Waals surface area contributed by atoms with Gasteiger partial charge in [-0.1, -0.05) is 40.2 Å². The lowest BCUT2D eigenvalue weighted by atomic mass is 10.2. The van der Waals surface area contributed by atoms with Crippen LogP contribution in [0.4, 0.5) is 10.1 Å². The summed E-state index contributed by atoms with van der Waals surface area (Å²) in [5, 5.41) is 2.72. The largest absolute Gasteiger partial charge is 0.323 e. The van der Waals surface area contributed by atoms with Crippen LogP contribution in [-0.2, 0) is 27.9 Å². The van der Waals surface area contributed by atoms with Crippen molar-refractivity contribution in [2.24, 2.45) is 0 Å². The predicted octanol–water partition coefficient (Wildman–Crippen LogP) is 6.03. The molecular weight excluding hydrogens is 557 g/mol. The first kappa shape index (κ1) is 26.4. The second kappa shape index (κ2) is 12.1. The summed E-state index contributed by atoms with van der Waals surface area (Å²) in [6.45, 7) is 0.197. The Morgan fingerprint density at radius 1 is 0.865 bits per heavy atom. The molecule has 3 aromatic carbocycles. The zero-order chi connectivity index (χ0) is 26.3. The Morgan fingerprint density at radius 3 is 2.03 bits per heavy atom. The number of hydrogen-bond donors (Lipinski definition) is 1. The molecule has 0 spiro atoms. The summed E-state index contributed by atoms with van der Waals surface area (Å²) in [5.41, 5.74) is 2.76. The number of benzene rings is 3. The molecule has 0 aliphatic heterocycles. The highest BCUT2D eigenvalue weighted by Crippen LogP contribution is 2.24. The lowest BCUT2D eigenvalue weighted by Crippen LogP contribution is -2.30. The highest BCUT2D eigenvalue weighted by atomic mass is 79.9. The monoisotopic (exact) mass is 579 g/mol. The van der Waals surface area contributed by atoms with Gasteiger partial charge in [-0.2, -0.15) is 4.31 Å². The van der Waals surface area contributed by atoms with E-state index in [-0.39, 0.29) is 29.7 Å². The Hall–Kier alpha value is -3.66. The van der Waals surface area contributed by atoms with Crippen LogP contribution in [0.3, 0.4) is 0 Å². The molecule has 0 saturated carbocycles. The zero-order valence-electron chi connectivity index (χ0n) is 19.6. The zero-order valence-corrected chi connectivity index (χ0v) is 22.0. The van der Waals surface area contributed by atoms with Crippen LogP contribution >= 0.6 is 15.9 Å². The van der Waals surface area contributed by atoms with Crippen molar-refractivity contribution in [2.75, 3.05) is 5.32 Å². The molecule has 4 rings (SSSR count). The molecular formula is C28H23BrFN3O3S. The standard InChI is InChI=1S/C28H23BrFN3O3S/c29-24-6-1-22(2-7-24)19-33(20-23-3-8-25(30)9-4-23)37(35,36)27-12-10-26(11-13-27)32-28(34)14-5-21-15-17-31-18-16-21/h1-18H,19-20H2,(H,32,34)/b14-5+. The minimum Gasteiger partial charge on any atom is -0.323 e. The summed E-state index contributed by atoms with van der Waals surface area (Å²) < 4.78 is 42.8. The molecule has 0 fully saturated rings. The molecule has 4 aromatic rings. The van der Waals surface area contributed by atoms with E-state index in [0.29, 0.717) is 11.3 Å². The van der Waals surface area contributed by atoms with Gasteiger partial charge in [0.05, 0.1) is 4.90 Å². The Balaban J connectivity index is 1.52. The minimum absolute atomic E-state index is 0.0664. The van der Waals surface area contributed by atoms with Gasteiger partial charge in [-0.15, -0.1) is 0 Å². The number of amides is 1. The van der Waals surface area contributed by atoms with Crippen molar-refractivity contribution in [3.8, 4) is 0 Å². The highest BCUT2D eigenvalue weighted by molar-refractivity contribution is 9.10. The van der Waals surface area contributed by atoms with Crippen molar-refractivity contribution in [2.45, 2.75) is 18.0 Å². The lowest BCUT2D eigenvalue weighted by Gasteiger charge is -2.23. The number of hydrogen-bond acceptors (Lipinski definition) is 4. The number of pyridine rings is 1. The molecule has 1 N–H and O–H groups in total. The molecule has 0 saturated heterocycles. The van der Waals surface area contributed by atoms with E-state index >= 15 is 0 Å². The minimum atomic E-state index is -3.91. The van der Waals surface area contributed by atoms with E-state index in [1.54, 1.807) is 54.9 Å². The van der Waals surface area contributed by atoms with Crippen molar-refractivity contribution in [3.05, 3.63) is 130 Å². The van der Waals surface area contributed by atoms with Crippen molar-refractivity contribution in [1.82, 2.24) is 9.29 Å². The van der Waals surface area contributed by atoms with Crippen LogP contribution < -0.4 is 5.32 Å². The second-order valence-electron chi connectivity index (χ2n) is 8.15. The third-order valence-corrected chi connectivity index (χ3v) is 7.77. The van der Waals surface area contributed by atoms with Crippen molar-refractivity contribution in [1.29, 1.82) is 0 Å². The maximum atomic E-state index is 13.6. The maximum absolute atomic E-state index is 13.6. The van der Waals surface area contributed by atoms with Gasteiger partial charge in [0.15, 0.2) is 0 Å². The Labute approximate surface area is 223 Å². The molecule has 1 amide bonds. The predicted molar refractivity (Wildman–Crippen MR) is 145 cm³/mol. The second-order valence-corrected chi connectivity index (χ2v) is 11.0. The molecule has 6 nitrogen and oxygen atoms in total. The van der Waals surface area contributed by atoms with E-state index in [4.69, 9.17) is 0 Å². The molecule has 0 bridgehead atoms. The number of aromatic nitrogens is 1. The van der Waals surface area contributed by atoms with E-state index in [2.05, 4.69) is 26.2 Å². The number of sulfonamides is 1. The first-order valence-electron chi connectivity index (χ1n) is 11.3. The molecule has 0 aliphatic carbocycles. The summed E-state index contributed by atoms with van der Waals surface area (Å²) in [4.78, 5) is 16.3. The summed E-state index contributed by atoms with van der Waals surface area (Å²) in [6.07, 6.45) is 6.31. The van der Waals surface area contributed by atoms with Crippen LogP contribution in [0.1, 0.15) is 16.7 Å². The normalized spacial score (nSPS) is 11.6. The average Bonchev–Trinajstić information content (AvgIpc) is 2.90. The van der Waals surface area contributed by atoms with Gasteiger partial charge in [0.25, 0.3) is 0 Å². The summed E-state index contributed by atoms with van der Waals surface area (Å²) in [7, 11) is -3.91. The van der Waals surface area contributed by atoms with Gasteiger partial charge in [-0.25, -0.2) is 12.8 Å². The van der Waals surface area contributed by atoms with Gasteiger partial charge in [-0.3, -0.25) is 9.78 Å². The molecule has 188 valence electrons. The van der Waals surface area contributed by atoms with Gasteiger partial charge >= 0.3 is 0 Å². The van der Waals surface area contributed by atoms with Gasteiger partial charge in [0.2, 0.25) is 15.9 Å². The van der Waals surface area contributed by atoms with E-state index in [9.17, 15) is 17.6 Å². The number of carbonyl (C=O) groups is 1. The summed E-state index contributed by atoms with van der Waals surface area (Å²) in [6, 6.07) is 22.7. The molecule has 0 radical (unpaired) electrons. The Bertz CT molecular complexity index is 1430. The van der Waals surface area contributed by atoms with Gasteiger partial charge in [0, 0.05) is 41.7 Å². The molecule has 9 heteroatoms. The van der Waals surface area contributed by atoms with Gasteiger partial charge in [-0.05, 0) is 83.4 Å². The van der Waals surface area contributed by atoms with Gasteiger partial charge in [0.1, 0.15) is 5.82 Å². The number of rotatable bonds is 9. The quantitative estimate of drug-likeness (QED) is 0.246. The van der Waals surface area contributed by atoms with Crippen LogP contribution in [0.15, 0.2) is 113 Å². The first-order valence-corrected chi connectivity index (χ1v) is 13.5. The number of carbonyl (C=O) groups excluding carboxylic acids is 1. The highest BCUT2D eigenvalue weighted by Gasteiger charge is 2.25. The first-order chi connectivity index (χ1) is 17.8. The smallest absolute Gasteiger partial charge is 0.248 e. The van der Waals surface area contributed by atoms with Crippen LogP contribution in [0.5, 0.6) is 0 Å². The molecule has 0 aliphatic rings. The van der Waals surface area contributed by atoms with E-state index in [1.807, 2.05) is 24.3 Å². The fraction of sp³-hybridized carbons (Fsp3) is 0.0714. The summed E-state index contributed by atoms with van der Waals surface area (Å²) in [5.74, 6) is -0.736. The van der Waals surface area contributed by atoms with E-state index < -0.39 is 10.0 Å². The number of nitrogens with zero attached hydrogens (tertiary/aromatic N) is 2. The molecule has 0 unspecified atom stereocenters. The van der Waals surface area contributed by atoms with Crippen LogP contribution in [0.2, 0.25) is 0 Å². The van der Waals surface area contributed by atoms with Crippen molar-refractivity contribution in [3.63, 3.8) is 0 Å². The SMILES string of the molecule is O=C(/C=C/c1ccncc1)Nc1ccc(S(=O)(=O)N(Cc2ccc(F)cc2)Cc2ccc(Br)cc2)cc1. The fourth-order valence-electron chi connectivity index (χ4n) is 3.50. The third kappa shape index (κ3) is 7.42.